The molecule has 0 N–H and O–H groups in total. The number of rotatable bonds is 9. The van der Waals surface area contributed by atoms with E-state index in [2.05, 4.69) is 6.07 Å². The number of ether oxygens (including phenoxy) is 3. The van der Waals surface area contributed by atoms with Crippen LogP contribution in [0.3, 0.4) is 0 Å². The summed E-state index contributed by atoms with van der Waals surface area (Å²) in [5, 5.41) is 0. The van der Waals surface area contributed by atoms with E-state index in [0.717, 1.165) is 24.0 Å². The smallest absolute Gasteiger partial charge is 0.331 e. The van der Waals surface area contributed by atoms with Crippen LogP contribution in [0.1, 0.15) is 43.9 Å². The van der Waals surface area contributed by atoms with Gasteiger partial charge in [-0.1, -0.05) is 37.3 Å². The summed E-state index contributed by atoms with van der Waals surface area (Å²) >= 11 is 0. The molecular weight excluding hydrogens is 406 g/mol. The molecule has 0 radical (unpaired) electrons. The van der Waals surface area contributed by atoms with Crippen molar-refractivity contribution in [3.05, 3.63) is 65.2 Å². The number of carbonyl (C=O) groups excluding carboxylic acids is 2. The van der Waals surface area contributed by atoms with Crippen molar-refractivity contribution in [2.75, 3.05) is 19.8 Å². The van der Waals surface area contributed by atoms with E-state index >= 15 is 0 Å². The molecule has 6 heteroatoms. The third-order valence-corrected chi connectivity index (χ3v) is 5.22. The summed E-state index contributed by atoms with van der Waals surface area (Å²) in [6, 6.07) is 13.6. The number of hydrogen-bond acceptors (Lipinski definition) is 5. The van der Waals surface area contributed by atoms with Gasteiger partial charge >= 0.3 is 5.97 Å². The molecule has 0 fully saturated rings. The average molecular weight is 438 g/mol. The number of amides is 1. The summed E-state index contributed by atoms with van der Waals surface area (Å²) in [6.45, 7) is 7.84. The zero-order valence-corrected chi connectivity index (χ0v) is 19.0. The highest BCUT2D eigenvalue weighted by Gasteiger charge is 2.26. The van der Waals surface area contributed by atoms with Gasteiger partial charge in [0.05, 0.1) is 13.2 Å². The van der Waals surface area contributed by atoms with E-state index in [4.69, 9.17) is 14.2 Å². The van der Waals surface area contributed by atoms with Crippen LogP contribution in [0.2, 0.25) is 0 Å². The van der Waals surface area contributed by atoms with Crippen LogP contribution in [0.5, 0.6) is 11.5 Å². The molecule has 1 heterocycles. The Morgan fingerprint density at radius 3 is 2.59 bits per heavy atom. The second kappa shape index (κ2) is 11.4. The van der Waals surface area contributed by atoms with Crippen LogP contribution in [0, 0.1) is 0 Å². The van der Waals surface area contributed by atoms with E-state index in [1.54, 1.807) is 17.9 Å². The maximum absolute atomic E-state index is 12.8. The normalized spacial score (nSPS) is 14.0. The summed E-state index contributed by atoms with van der Waals surface area (Å²) in [5.41, 5.74) is 3.18. The van der Waals surface area contributed by atoms with Crippen LogP contribution in [-0.4, -0.2) is 42.6 Å². The highest BCUT2D eigenvalue weighted by atomic mass is 16.5. The van der Waals surface area contributed by atoms with Crippen LogP contribution in [-0.2, 0) is 27.3 Å². The van der Waals surface area contributed by atoms with Crippen molar-refractivity contribution in [3.63, 3.8) is 0 Å². The quantitative estimate of drug-likeness (QED) is 0.430. The maximum atomic E-state index is 12.8. The number of benzene rings is 2. The van der Waals surface area contributed by atoms with Crippen LogP contribution in [0.15, 0.2) is 48.5 Å². The number of hydrogen-bond donors (Lipinski definition) is 0. The van der Waals surface area contributed by atoms with E-state index in [-0.39, 0.29) is 5.91 Å². The van der Waals surface area contributed by atoms with E-state index in [1.165, 1.54) is 11.6 Å². The van der Waals surface area contributed by atoms with Crippen molar-refractivity contribution in [3.8, 4) is 11.5 Å². The average Bonchev–Trinajstić information content (AvgIpc) is 2.81. The lowest BCUT2D eigenvalue weighted by atomic mass is 9.99. The minimum atomic E-state index is -0.846. The lowest BCUT2D eigenvalue weighted by molar-refractivity contribution is -0.155. The van der Waals surface area contributed by atoms with Gasteiger partial charge in [-0.05, 0) is 61.6 Å². The second-order valence-corrected chi connectivity index (χ2v) is 7.68. The molecule has 1 aliphatic rings. The Hall–Kier alpha value is -3.28. The lowest BCUT2D eigenvalue weighted by Crippen LogP contribution is -2.42. The molecule has 0 spiro atoms. The molecule has 170 valence electrons. The zero-order chi connectivity index (χ0) is 22.9. The molecule has 1 amide bonds. The molecule has 0 aliphatic carbocycles. The van der Waals surface area contributed by atoms with Crippen LogP contribution >= 0.6 is 0 Å². The van der Waals surface area contributed by atoms with Crippen molar-refractivity contribution in [2.24, 2.45) is 0 Å². The Labute approximate surface area is 189 Å². The molecule has 0 bridgehead atoms. The first-order chi connectivity index (χ1) is 15.5. The van der Waals surface area contributed by atoms with Gasteiger partial charge in [0.2, 0.25) is 0 Å². The topological polar surface area (TPSA) is 65.1 Å². The summed E-state index contributed by atoms with van der Waals surface area (Å²) in [6.07, 6.45) is 3.83. The van der Waals surface area contributed by atoms with Gasteiger partial charge in [0.25, 0.3) is 5.91 Å². The summed E-state index contributed by atoms with van der Waals surface area (Å²) < 4.78 is 16.7. The molecule has 2 aromatic rings. The number of nitrogens with zero attached hydrogens (tertiary/aromatic N) is 1. The predicted molar refractivity (Wildman–Crippen MR) is 124 cm³/mol. The summed E-state index contributed by atoms with van der Waals surface area (Å²) in [7, 11) is 0. The molecule has 2 aromatic carbocycles. The van der Waals surface area contributed by atoms with Crippen molar-refractivity contribution < 1.29 is 23.8 Å². The number of esters is 1. The lowest BCUT2D eigenvalue weighted by Gasteiger charge is -2.30. The Kier molecular flexibility index (Phi) is 8.31. The molecule has 0 aromatic heterocycles. The Bertz CT molecular complexity index is 968. The zero-order valence-electron chi connectivity index (χ0n) is 19.0. The van der Waals surface area contributed by atoms with Crippen LogP contribution < -0.4 is 9.47 Å². The monoisotopic (exact) mass is 437 g/mol. The van der Waals surface area contributed by atoms with Crippen molar-refractivity contribution in [2.45, 2.75) is 46.3 Å². The van der Waals surface area contributed by atoms with E-state index in [1.807, 2.05) is 50.2 Å². The first-order valence-corrected chi connectivity index (χ1v) is 11.2. The molecular formula is C26H31NO5. The predicted octanol–water partition coefficient (Wildman–Crippen LogP) is 4.40. The van der Waals surface area contributed by atoms with Gasteiger partial charge in [0, 0.05) is 19.2 Å². The van der Waals surface area contributed by atoms with Crippen molar-refractivity contribution in [1.82, 2.24) is 4.90 Å². The Morgan fingerprint density at radius 2 is 1.84 bits per heavy atom. The molecule has 0 saturated carbocycles. The molecule has 0 saturated heterocycles. The van der Waals surface area contributed by atoms with E-state index < -0.39 is 12.1 Å². The molecule has 1 atom stereocenters. The van der Waals surface area contributed by atoms with Gasteiger partial charge in [-0.3, -0.25) is 4.79 Å². The van der Waals surface area contributed by atoms with Gasteiger partial charge in [0.15, 0.2) is 17.6 Å². The highest BCUT2D eigenvalue weighted by Crippen LogP contribution is 2.29. The fraction of sp³-hybridized carbons (Fsp3) is 0.385. The van der Waals surface area contributed by atoms with Crippen molar-refractivity contribution >= 4 is 18.0 Å². The number of fused-ring (bicyclic) bond motifs is 1. The van der Waals surface area contributed by atoms with Gasteiger partial charge in [-0.25, -0.2) is 4.79 Å². The Morgan fingerprint density at radius 1 is 1.06 bits per heavy atom. The van der Waals surface area contributed by atoms with Gasteiger partial charge in [0.1, 0.15) is 0 Å². The van der Waals surface area contributed by atoms with Crippen molar-refractivity contribution in [1.29, 1.82) is 0 Å². The maximum Gasteiger partial charge on any atom is 0.331 e. The molecule has 6 nitrogen and oxygen atoms in total. The SMILES string of the molecule is CCCOc1ccc(/C=C/C(=O)OC(C)C(=O)N2CCc3ccccc3C2)cc1OCC. The van der Waals surface area contributed by atoms with Crippen LogP contribution in [0.4, 0.5) is 0 Å². The largest absolute Gasteiger partial charge is 0.490 e. The third-order valence-electron chi connectivity index (χ3n) is 5.22. The fourth-order valence-corrected chi connectivity index (χ4v) is 3.60. The molecule has 1 aliphatic heterocycles. The minimum Gasteiger partial charge on any atom is -0.490 e. The van der Waals surface area contributed by atoms with Gasteiger partial charge in [-0.15, -0.1) is 0 Å². The third kappa shape index (κ3) is 6.13. The highest BCUT2D eigenvalue weighted by molar-refractivity contribution is 5.90. The number of carbonyl (C=O) groups is 2. The summed E-state index contributed by atoms with van der Waals surface area (Å²) in [4.78, 5) is 26.8. The van der Waals surface area contributed by atoms with E-state index in [9.17, 15) is 9.59 Å². The summed E-state index contributed by atoms with van der Waals surface area (Å²) in [5.74, 6) is 0.561. The molecule has 32 heavy (non-hydrogen) atoms. The minimum absolute atomic E-state index is 0.183. The second-order valence-electron chi connectivity index (χ2n) is 7.68. The first-order valence-electron chi connectivity index (χ1n) is 11.2. The standard InChI is InChI=1S/C26H31NO5/c1-4-16-31-23-12-10-20(17-24(23)30-5-2)11-13-25(28)32-19(3)26(29)27-15-14-21-8-6-7-9-22(21)18-27/h6-13,17,19H,4-5,14-16,18H2,1-3H3/b13-11+. The first kappa shape index (κ1) is 23.4. The van der Waals surface area contributed by atoms with E-state index in [0.29, 0.717) is 37.8 Å². The van der Waals surface area contributed by atoms with Crippen LogP contribution in [0.25, 0.3) is 6.08 Å². The van der Waals surface area contributed by atoms with Gasteiger partial charge < -0.3 is 19.1 Å². The molecule has 3 rings (SSSR count). The molecule has 1 unspecified atom stereocenters. The van der Waals surface area contributed by atoms with Gasteiger partial charge in [-0.2, -0.15) is 0 Å². The fourth-order valence-electron chi connectivity index (χ4n) is 3.60. The Balaban J connectivity index is 1.57.